The van der Waals surface area contributed by atoms with Gasteiger partial charge in [-0.1, -0.05) is 0 Å². The molecule has 1 rings (SSSR count). The minimum absolute atomic E-state index is 0.0931. The van der Waals surface area contributed by atoms with E-state index in [9.17, 15) is 10.1 Å². The van der Waals surface area contributed by atoms with Crippen LogP contribution in [0.3, 0.4) is 0 Å². The molecule has 0 fully saturated rings. The first kappa shape index (κ1) is 15.7. The van der Waals surface area contributed by atoms with Gasteiger partial charge in [-0.25, -0.2) is 0 Å². The van der Waals surface area contributed by atoms with Crippen molar-refractivity contribution in [3.8, 4) is 17.6 Å². The predicted molar refractivity (Wildman–Crippen MR) is 72.6 cm³/mol. The maximum atomic E-state index is 11.0. The fraction of sp³-hybridized carbons (Fsp3) is 0.462. The van der Waals surface area contributed by atoms with Crippen LogP contribution in [0.4, 0.5) is 5.69 Å². The highest BCUT2D eigenvalue weighted by molar-refractivity contribution is 5.50. The molecule has 0 radical (unpaired) electrons. The van der Waals surface area contributed by atoms with Crippen molar-refractivity contribution in [1.82, 2.24) is 0 Å². The van der Waals surface area contributed by atoms with Crippen LogP contribution in [-0.4, -0.2) is 23.7 Å². The molecule has 20 heavy (non-hydrogen) atoms. The lowest BCUT2D eigenvalue weighted by molar-refractivity contribution is -0.386. The Morgan fingerprint density at radius 2 is 2.25 bits per heavy atom. The van der Waals surface area contributed by atoms with Gasteiger partial charge in [-0.05, 0) is 19.9 Å². The Bertz CT molecular complexity index is 537. The molecule has 2 atom stereocenters. The zero-order valence-electron chi connectivity index (χ0n) is 11.6. The van der Waals surface area contributed by atoms with E-state index in [1.54, 1.807) is 13.8 Å². The molecule has 0 heterocycles. The first-order valence-corrected chi connectivity index (χ1v) is 5.98. The smallest absolute Gasteiger partial charge is 0.311 e. The van der Waals surface area contributed by atoms with Crippen LogP contribution in [0.25, 0.3) is 0 Å². The van der Waals surface area contributed by atoms with E-state index in [4.69, 9.17) is 20.5 Å². The topological polar surface area (TPSA) is 111 Å². The van der Waals surface area contributed by atoms with Crippen LogP contribution in [0, 0.1) is 21.4 Å². The van der Waals surface area contributed by atoms with E-state index in [1.807, 2.05) is 6.07 Å². The number of benzene rings is 1. The number of nitrogens with zero attached hydrogens (tertiary/aromatic N) is 2. The van der Waals surface area contributed by atoms with Crippen molar-refractivity contribution in [2.45, 2.75) is 31.9 Å². The van der Waals surface area contributed by atoms with Gasteiger partial charge in [0.1, 0.15) is 11.3 Å². The minimum Gasteiger partial charge on any atom is -0.497 e. The average molecular weight is 279 g/mol. The molecule has 0 aliphatic carbocycles. The van der Waals surface area contributed by atoms with E-state index < -0.39 is 16.6 Å². The molecular weight excluding hydrogens is 262 g/mol. The van der Waals surface area contributed by atoms with Crippen molar-refractivity contribution >= 4 is 5.69 Å². The van der Waals surface area contributed by atoms with Crippen molar-refractivity contribution in [2.24, 2.45) is 5.73 Å². The number of rotatable bonds is 6. The maximum Gasteiger partial charge on any atom is 0.311 e. The molecule has 0 amide bonds. The third kappa shape index (κ3) is 4.10. The van der Waals surface area contributed by atoms with Crippen LogP contribution in [0.5, 0.6) is 11.5 Å². The fourth-order valence-corrected chi connectivity index (χ4v) is 1.77. The first-order chi connectivity index (χ1) is 9.29. The van der Waals surface area contributed by atoms with Gasteiger partial charge in [0.25, 0.3) is 0 Å². The Hall–Kier alpha value is -2.33. The molecule has 1 aromatic carbocycles. The fourth-order valence-electron chi connectivity index (χ4n) is 1.77. The second-order valence-electron chi connectivity index (χ2n) is 4.75. The molecule has 0 aromatic heterocycles. The van der Waals surface area contributed by atoms with Crippen LogP contribution >= 0.6 is 0 Å². The summed E-state index contributed by atoms with van der Waals surface area (Å²) in [6.45, 7) is 3.28. The molecule has 0 saturated carbocycles. The predicted octanol–water partition coefficient (Wildman–Crippen LogP) is 2.00. The highest BCUT2D eigenvalue weighted by atomic mass is 16.6. The monoisotopic (exact) mass is 279 g/mol. The molecule has 2 unspecified atom stereocenters. The van der Waals surface area contributed by atoms with Crippen LogP contribution in [0.2, 0.25) is 0 Å². The van der Waals surface area contributed by atoms with Gasteiger partial charge in [0.2, 0.25) is 5.75 Å². The molecule has 7 nitrogen and oxygen atoms in total. The first-order valence-electron chi connectivity index (χ1n) is 5.98. The third-order valence-electron chi connectivity index (χ3n) is 2.66. The van der Waals surface area contributed by atoms with E-state index in [2.05, 4.69) is 0 Å². The van der Waals surface area contributed by atoms with Crippen molar-refractivity contribution in [1.29, 1.82) is 5.26 Å². The van der Waals surface area contributed by atoms with Gasteiger partial charge in [0.15, 0.2) is 0 Å². The number of methoxy groups -OCH3 is 1. The average Bonchev–Trinajstić information content (AvgIpc) is 2.37. The molecule has 1 aromatic rings. The SMILES string of the molecule is COc1ccc([N+](=O)[O-])c(OC(C)CC(C)(N)C#N)c1. The van der Waals surface area contributed by atoms with Crippen molar-refractivity contribution < 1.29 is 14.4 Å². The van der Waals surface area contributed by atoms with Gasteiger partial charge in [-0.2, -0.15) is 5.26 Å². The largest absolute Gasteiger partial charge is 0.497 e. The van der Waals surface area contributed by atoms with Gasteiger partial charge in [0.05, 0.1) is 24.2 Å². The van der Waals surface area contributed by atoms with E-state index in [1.165, 1.54) is 25.3 Å². The van der Waals surface area contributed by atoms with Crippen LogP contribution < -0.4 is 15.2 Å². The van der Waals surface area contributed by atoms with Gasteiger partial charge in [0, 0.05) is 18.6 Å². The summed E-state index contributed by atoms with van der Waals surface area (Å²) in [7, 11) is 1.46. The van der Waals surface area contributed by atoms with Gasteiger partial charge in [-0.15, -0.1) is 0 Å². The standard InChI is InChI=1S/C13H17N3O4/c1-9(7-13(2,15)8-14)20-12-6-10(19-3)4-5-11(12)16(17)18/h4-6,9H,7,15H2,1-3H3. The number of ether oxygens (including phenoxy) is 2. The van der Waals surface area contributed by atoms with Crippen molar-refractivity contribution in [3.63, 3.8) is 0 Å². The lowest BCUT2D eigenvalue weighted by Gasteiger charge is -2.21. The van der Waals surface area contributed by atoms with Gasteiger partial charge in [-0.3, -0.25) is 10.1 Å². The quantitative estimate of drug-likeness (QED) is 0.629. The zero-order valence-corrected chi connectivity index (χ0v) is 11.6. The highest BCUT2D eigenvalue weighted by Gasteiger charge is 2.24. The van der Waals surface area contributed by atoms with Gasteiger partial charge < -0.3 is 15.2 Å². The lowest BCUT2D eigenvalue weighted by Crippen LogP contribution is -2.38. The Morgan fingerprint density at radius 3 is 2.75 bits per heavy atom. The minimum atomic E-state index is -1.05. The summed E-state index contributed by atoms with van der Waals surface area (Å²) in [6, 6.07) is 6.19. The summed E-state index contributed by atoms with van der Waals surface area (Å²) in [5, 5.41) is 19.8. The number of nitrogens with two attached hydrogens (primary N) is 1. The third-order valence-corrected chi connectivity index (χ3v) is 2.66. The summed E-state index contributed by atoms with van der Waals surface area (Å²) >= 11 is 0. The highest BCUT2D eigenvalue weighted by Crippen LogP contribution is 2.32. The Kier molecular flexibility index (Phi) is 4.88. The number of nitro benzene ring substituents is 1. The van der Waals surface area contributed by atoms with Gasteiger partial charge >= 0.3 is 5.69 Å². The van der Waals surface area contributed by atoms with E-state index in [0.717, 1.165) is 0 Å². The molecule has 0 bridgehead atoms. The Labute approximate surface area is 117 Å². The molecular formula is C13H17N3O4. The molecule has 0 aliphatic rings. The summed E-state index contributed by atoms with van der Waals surface area (Å²) < 4.78 is 10.5. The number of hydrogen-bond donors (Lipinski definition) is 1. The van der Waals surface area contributed by atoms with Crippen molar-refractivity contribution in [3.05, 3.63) is 28.3 Å². The molecule has 108 valence electrons. The molecule has 0 saturated heterocycles. The second-order valence-corrected chi connectivity index (χ2v) is 4.75. The molecule has 0 aliphatic heterocycles. The molecule has 2 N–H and O–H groups in total. The van der Waals surface area contributed by atoms with E-state index >= 15 is 0 Å². The Morgan fingerprint density at radius 1 is 1.60 bits per heavy atom. The van der Waals surface area contributed by atoms with Crippen LogP contribution in [-0.2, 0) is 0 Å². The molecule has 0 spiro atoms. The second kappa shape index (κ2) is 6.21. The van der Waals surface area contributed by atoms with E-state index in [-0.39, 0.29) is 17.9 Å². The van der Waals surface area contributed by atoms with Crippen LogP contribution in [0.1, 0.15) is 20.3 Å². The van der Waals surface area contributed by atoms with Crippen molar-refractivity contribution in [2.75, 3.05) is 7.11 Å². The number of nitro groups is 1. The lowest BCUT2D eigenvalue weighted by atomic mass is 9.98. The zero-order chi connectivity index (χ0) is 15.3. The number of hydrogen-bond acceptors (Lipinski definition) is 6. The summed E-state index contributed by atoms with van der Waals surface area (Å²) in [5.41, 5.74) is 4.52. The van der Waals surface area contributed by atoms with E-state index in [0.29, 0.717) is 5.75 Å². The molecule has 7 heteroatoms. The maximum absolute atomic E-state index is 11.0. The Balaban J connectivity index is 2.95. The summed E-state index contributed by atoms with van der Waals surface area (Å²) in [6.07, 6.45) is -0.201. The normalized spacial score (nSPS) is 14.8. The summed E-state index contributed by atoms with van der Waals surface area (Å²) in [4.78, 5) is 10.4. The number of nitriles is 1. The van der Waals surface area contributed by atoms with Crippen LogP contribution in [0.15, 0.2) is 18.2 Å². The summed E-state index contributed by atoms with van der Waals surface area (Å²) in [5.74, 6) is 0.546.